The van der Waals surface area contributed by atoms with Crippen molar-refractivity contribution in [3.63, 3.8) is 0 Å². The van der Waals surface area contributed by atoms with E-state index in [1.807, 2.05) is 0 Å². The van der Waals surface area contributed by atoms with Crippen molar-refractivity contribution in [3.05, 3.63) is 0 Å². The summed E-state index contributed by atoms with van der Waals surface area (Å²) < 4.78 is 0. The van der Waals surface area contributed by atoms with E-state index in [4.69, 9.17) is 0 Å². The number of rotatable bonds is 8. The molecule has 0 saturated carbocycles. The summed E-state index contributed by atoms with van der Waals surface area (Å²) in [5.41, 5.74) is 0.332. The summed E-state index contributed by atoms with van der Waals surface area (Å²) in [7, 11) is 0. The predicted molar refractivity (Wildman–Crippen MR) is 85.7 cm³/mol. The molecule has 0 aromatic rings. The van der Waals surface area contributed by atoms with Gasteiger partial charge in [0, 0.05) is 24.7 Å². The molecule has 114 valence electrons. The van der Waals surface area contributed by atoms with Crippen LogP contribution in [0.25, 0.3) is 0 Å². The number of piperazine rings is 1. The van der Waals surface area contributed by atoms with Gasteiger partial charge in [0.05, 0.1) is 0 Å². The summed E-state index contributed by atoms with van der Waals surface area (Å²) in [6.07, 6.45) is 8.07. The molecular weight excluding hydrogens is 232 g/mol. The third-order valence-electron chi connectivity index (χ3n) is 4.66. The standard InChI is InChI=1S/C17H36N2/c1-6-8-9-10-11-19-14-17(5,7-2)18-13-16(19)12-15(3)4/h15-16,18H,6-14H2,1-5H3. The zero-order valence-corrected chi connectivity index (χ0v) is 14.0. The molecule has 0 aromatic carbocycles. The van der Waals surface area contributed by atoms with Crippen LogP contribution in [0.1, 0.15) is 73.1 Å². The largest absolute Gasteiger partial charge is 0.309 e. The minimum atomic E-state index is 0.332. The molecule has 2 atom stereocenters. The van der Waals surface area contributed by atoms with Crippen LogP contribution in [0, 0.1) is 5.92 Å². The van der Waals surface area contributed by atoms with Gasteiger partial charge in [-0.15, -0.1) is 0 Å². The fourth-order valence-electron chi connectivity index (χ4n) is 3.14. The summed E-state index contributed by atoms with van der Waals surface area (Å²) in [5.74, 6) is 0.802. The fourth-order valence-corrected chi connectivity index (χ4v) is 3.14. The van der Waals surface area contributed by atoms with Crippen LogP contribution in [0.4, 0.5) is 0 Å². The maximum absolute atomic E-state index is 3.79. The number of unbranched alkanes of at least 4 members (excludes halogenated alkanes) is 3. The summed E-state index contributed by atoms with van der Waals surface area (Å²) in [6, 6.07) is 0.751. The van der Waals surface area contributed by atoms with Gasteiger partial charge in [0.15, 0.2) is 0 Å². The van der Waals surface area contributed by atoms with E-state index < -0.39 is 0 Å². The Morgan fingerprint density at radius 3 is 2.53 bits per heavy atom. The Morgan fingerprint density at radius 2 is 1.95 bits per heavy atom. The molecule has 2 heteroatoms. The van der Waals surface area contributed by atoms with E-state index in [0.29, 0.717) is 5.54 Å². The highest BCUT2D eigenvalue weighted by molar-refractivity contribution is 4.94. The van der Waals surface area contributed by atoms with Gasteiger partial charge in [0.1, 0.15) is 0 Å². The maximum atomic E-state index is 3.79. The smallest absolute Gasteiger partial charge is 0.0278 e. The Kier molecular flexibility index (Phi) is 7.38. The monoisotopic (exact) mass is 268 g/mol. The fraction of sp³-hybridized carbons (Fsp3) is 1.00. The summed E-state index contributed by atoms with van der Waals surface area (Å²) in [4.78, 5) is 2.77. The highest BCUT2D eigenvalue weighted by Gasteiger charge is 2.34. The first-order valence-electron chi connectivity index (χ1n) is 8.49. The molecule has 2 unspecified atom stereocenters. The van der Waals surface area contributed by atoms with Crippen LogP contribution < -0.4 is 5.32 Å². The summed E-state index contributed by atoms with van der Waals surface area (Å²) in [5, 5.41) is 3.79. The minimum absolute atomic E-state index is 0.332. The van der Waals surface area contributed by atoms with E-state index in [2.05, 4.69) is 44.8 Å². The van der Waals surface area contributed by atoms with Gasteiger partial charge in [0.2, 0.25) is 0 Å². The van der Waals surface area contributed by atoms with Crippen LogP contribution in [0.3, 0.4) is 0 Å². The van der Waals surface area contributed by atoms with E-state index in [1.165, 1.54) is 58.2 Å². The van der Waals surface area contributed by atoms with Gasteiger partial charge >= 0.3 is 0 Å². The van der Waals surface area contributed by atoms with Crippen molar-refractivity contribution >= 4 is 0 Å². The molecule has 1 saturated heterocycles. The Labute approximate surface area is 121 Å². The maximum Gasteiger partial charge on any atom is 0.0278 e. The first-order chi connectivity index (χ1) is 9.00. The average molecular weight is 268 g/mol. The first kappa shape index (κ1) is 17.0. The van der Waals surface area contributed by atoms with Crippen LogP contribution in [0.5, 0.6) is 0 Å². The highest BCUT2D eigenvalue weighted by atomic mass is 15.2. The van der Waals surface area contributed by atoms with Gasteiger partial charge in [-0.25, -0.2) is 0 Å². The van der Waals surface area contributed by atoms with Crippen molar-refractivity contribution in [1.29, 1.82) is 0 Å². The third-order valence-corrected chi connectivity index (χ3v) is 4.66. The van der Waals surface area contributed by atoms with Gasteiger partial charge in [-0.3, -0.25) is 4.90 Å². The van der Waals surface area contributed by atoms with E-state index in [9.17, 15) is 0 Å². The van der Waals surface area contributed by atoms with Crippen molar-refractivity contribution in [1.82, 2.24) is 10.2 Å². The lowest BCUT2D eigenvalue weighted by Gasteiger charge is -2.46. The molecule has 1 aliphatic heterocycles. The lowest BCUT2D eigenvalue weighted by atomic mass is 9.90. The second-order valence-corrected chi connectivity index (χ2v) is 7.11. The molecule has 0 bridgehead atoms. The molecule has 0 radical (unpaired) electrons. The zero-order valence-electron chi connectivity index (χ0n) is 14.0. The number of hydrogen-bond acceptors (Lipinski definition) is 2. The Morgan fingerprint density at radius 1 is 1.21 bits per heavy atom. The minimum Gasteiger partial charge on any atom is -0.309 e. The molecule has 19 heavy (non-hydrogen) atoms. The van der Waals surface area contributed by atoms with Gasteiger partial charge in [-0.1, -0.05) is 47.0 Å². The molecule has 1 fully saturated rings. The summed E-state index contributed by atoms with van der Waals surface area (Å²) in [6.45, 7) is 15.4. The zero-order chi connectivity index (χ0) is 14.3. The van der Waals surface area contributed by atoms with Crippen molar-refractivity contribution in [2.24, 2.45) is 5.92 Å². The van der Waals surface area contributed by atoms with Crippen molar-refractivity contribution < 1.29 is 0 Å². The quantitative estimate of drug-likeness (QED) is 0.668. The van der Waals surface area contributed by atoms with Crippen LogP contribution in [0.2, 0.25) is 0 Å². The Hall–Kier alpha value is -0.0800. The normalized spacial score (nSPS) is 29.1. The second kappa shape index (κ2) is 8.26. The molecule has 0 aliphatic carbocycles. The highest BCUT2D eigenvalue weighted by Crippen LogP contribution is 2.23. The third kappa shape index (κ3) is 5.83. The van der Waals surface area contributed by atoms with Gasteiger partial charge in [-0.2, -0.15) is 0 Å². The molecule has 0 aromatic heterocycles. The molecule has 2 nitrogen and oxygen atoms in total. The lowest BCUT2D eigenvalue weighted by molar-refractivity contribution is 0.0713. The van der Waals surface area contributed by atoms with Crippen LogP contribution in [0.15, 0.2) is 0 Å². The van der Waals surface area contributed by atoms with Gasteiger partial charge < -0.3 is 5.32 Å². The van der Waals surface area contributed by atoms with E-state index in [-0.39, 0.29) is 0 Å². The second-order valence-electron chi connectivity index (χ2n) is 7.11. The molecular formula is C17H36N2. The Balaban J connectivity index is 2.50. The van der Waals surface area contributed by atoms with Gasteiger partial charge in [0.25, 0.3) is 0 Å². The van der Waals surface area contributed by atoms with Crippen molar-refractivity contribution in [2.75, 3.05) is 19.6 Å². The molecule has 1 aliphatic rings. The van der Waals surface area contributed by atoms with Crippen molar-refractivity contribution in [3.8, 4) is 0 Å². The number of hydrogen-bond donors (Lipinski definition) is 1. The lowest BCUT2D eigenvalue weighted by Crippen LogP contribution is -2.62. The van der Waals surface area contributed by atoms with Crippen LogP contribution >= 0.6 is 0 Å². The van der Waals surface area contributed by atoms with E-state index in [0.717, 1.165) is 12.0 Å². The van der Waals surface area contributed by atoms with Gasteiger partial charge in [-0.05, 0) is 38.6 Å². The SMILES string of the molecule is CCCCCCN1CC(C)(CC)NCC1CC(C)C. The number of nitrogens with zero attached hydrogens (tertiary/aromatic N) is 1. The van der Waals surface area contributed by atoms with Crippen LogP contribution in [-0.4, -0.2) is 36.1 Å². The summed E-state index contributed by atoms with van der Waals surface area (Å²) >= 11 is 0. The number of nitrogens with one attached hydrogen (secondary N) is 1. The molecule has 1 N–H and O–H groups in total. The average Bonchev–Trinajstić information content (AvgIpc) is 2.37. The van der Waals surface area contributed by atoms with E-state index in [1.54, 1.807) is 0 Å². The van der Waals surface area contributed by atoms with E-state index >= 15 is 0 Å². The molecule has 1 heterocycles. The Bertz CT molecular complexity index is 239. The topological polar surface area (TPSA) is 15.3 Å². The first-order valence-corrected chi connectivity index (χ1v) is 8.49. The van der Waals surface area contributed by atoms with Crippen LogP contribution in [-0.2, 0) is 0 Å². The molecule has 0 spiro atoms. The predicted octanol–water partition coefficient (Wildman–Crippen LogP) is 4.06. The molecule has 0 amide bonds. The molecule has 1 rings (SSSR count). The van der Waals surface area contributed by atoms with Crippen molar-refractivity contribution in [2.45, 2.75) is 84.7 Å².